The van der Waals surface area contributed by atoms with Crippen LogP contribution in [0.1, 0.15) is 36.3 Å². The Hall–Kier alpha value is -1.35. The van der Waals surface area contributed by atoms with Crippen LogP contribution in [-0.4, -0.2) is 24.3 Å². The summed E-state index contributed by atoms with van der Waals surface area (Å²) in [5.74, 6) is -0.223. The first-order valence-corrected chi connectivity index (χ1v) is 6.10. The number of rotatable bonds is 4. The Morgan fingerprint density at radius 1 is 1.35 bits per heavy atom. The Balaban J connectivity index is 1.94. The van der Waals surface area contributed by atoms with Gasteiger partial charge in [-0.05, 0) is 24.0 Å². The molecule has 2 aliphatic rings. The van der Waals surface area contributed by atoms with Crippen LogP contribution in [0.15, 0.2) is 24.3 Å². The van der Waals surface area contributed by atoms with E-state index in [2.05, 4.69) is 12.1 Å². The first kappa shape index (κ1) is 10.8. The SMILES string of the molecule is O=C(O)CC1(c2ccccc2C2COC2)CC1. The van der Waals surface area contributed by atoms with Gasteiger partial charge in [-0.3, -0.25) is 4.79 Å². The Kier molecular flexibility index (Phi) is 2.44. The average Bonchev–Trinajstić information content (AvgIpc) is 2.96. The van der Waals surface area contributed by atoms with E-state index in [1.54, 1.807) is 0 Å². The largest absolute Gasteiger partial charge is 0.481 e. The fraction of sp³-hybridized carbons (Fsp3) is 0.500. The molecule has 0 bridgehead atoms. The molecule has 1 N–H and O–H groups in total. The van der Waals surface area contributed by atoms with Crippen molar-refractivity contribution in [1.29, 1.82) is 0 Å². The van der Waals surface area contributed by atoms with Crippen molar-refractivity contribution in [2.45, 2.75) is 30.6 Å². The molecule has 1 aromatic carbocycles. The molecule has 0 spiro atoms. The monoisotopic (exact) mass is 232 g/mol. The highest BCUT2D eigenvalue weighted by Gasteiger charge is 2.47. The second-order valence-electron chi connectivity index (χ2n) is 5.17. The van der Waals surface area contributed by atoms with Gasteiger partial charge in [0.2, 0.25) is 0 Å². The van der Waals surface area contributed by atoms with Gasteiger partial charge in [0, 0.05) is 11.3 Å². The van der Waals surface area contributed by atoms with Gasteiger partial charge in [-0.25, -0.2) is 0 Å². The van der Waals surface area contributed by atoms with Gasteiger partial charge in [0.15, 0.2) is 0 Å². The highest BCUT2D eigenvalue weighted by atomic mass is 16.5. The van der Waals surface area contributed by atoms with Crippen LogP contribution in [0.4, 0.5) is 0 Å². The number of hydrogen-bond donors (Lipinski definition) is 1. The zero-order valence-electron chi connectivity index (χ0n) is 9.69. The Morgan fingerprint density at radius 3 is 2.59 bits per heavy atom. The molecule has 3 nitrogen and oxygen atoms in total. The van der Waals surface area contributed by atoms with Gasteiger partial charge in [-0.2, -0.15) is 0 Å². The van der Waals surface area contributed by atoms with Crippen molar-refractivity contribution < 1.29 is 14.6 Å². The molecule has 90 valence electrons. The molecule has 1 saturated carbocycles. The van der Waals surface area contributed by atoms with Crippen molar-refractivity contribution >= 4 is 5.97 Å². The lowest BCUT2D eigenvalue weighted by Gasteiger charge is -2.30. The molecular formula is C14H16O3. The number of carboxylic acids is 1. The molecule has 2 fully saturated rings. The Morgan fingerprint density at radius 2 is 2.06 bits per heavy atom. The normalized spacial score (nSPS) is 21.9. The van der Waals surface area contributed by atoms with Crippen molar-refractivity contribution in [2.24, 2.45) is 0 Å². The summed E-state index contributed by atoms with van der Waals surface area (Å²) in [6, 6.07) is 8.28. The topological polar surface area (TPSA) is 46.5 Å². The zero-order valence-corrected chi connectivity index (χ0v) is 9.69. The van der Waals surface area contributed by atoms with Crippen molar-refractivity contribution in [2.75, 3.05) is 13.2 Å². The van der Waals surface area contributed by atoms with Gasteiger partial charge >= 0.3 is 5.97 Å². The van der Waals surface area contributed by atoms with Crippen molar-refractivity contribution in [3.8, 4) is 0 Å². The fourth-order valence-electron chi connectivity index (χ4n) is 2.73. The molecule has 0 radical (unpaired) electrons. The minimum atomic E-state index is -0.692. The quantitative estimate of drug-likeness (QED) is 0.866. The first-order valence-electron chi connectivity index (χ1n) is 6.10. The molecule has 0 aromatic heterocycles. The van der Waals surface area contributed by atoms with E-state index in [0.29, 0.717) is 5.92 Å². The summed E-state index contributed by atoms with van der Waals surface area (Å²) in [4.78, 5) is 11.0. The van der Waals surface area contributed by atoms with Crippen molar-refractivity contribution in [1.82, 2.24) is 0 Å². The lowest BCUT2D eigenvalue weighted by molar-refractivity contribution is -0.137. The lowest BCUT2D eigenvalue weighted by Crippen LogP contribution is -2.28. The maximum atomic E-state index is 11.0. The van der Waals surface area contributed by atoms with E-state index >= 15 is 0 Å². The van der Waals surface area contributed by atoms with Gasteiger partial charge in [0.05, 0.1) is 19.6 Å². The molecular weight excluding hydrogens is 216 g/mol. The maximum Gasteiger partial charge on any atom is 0.304 e. The van der Waals surface area contributed by atoms with Crippen LogP contribution in [0.5, 0.6) is 0 Å². The van der Waals surface area contributed by atoms with Crippen molar-refractivity contribution in [3.05, 3.63) is 35.4 Å². The summed E-state index contributed by atoms with van der Waals surface area (Å²) in [7, 11) is 0. The molecule has 1 aliphatic heterocycles. The minimum absolute atomic E-state index is 0.0853. The van der Waals surface area contributed by atoms with Gasteiger partial charge in [-0.15, -0.1) is 0 Å². The third kappa shape index (κ3) is 1.84. The number of aliphatic carboxylic acids is 1. The molecule has 1 heterocycles. The Labute approximate surface area is 100 Å². The van der Waals surface area contributed by atoms with E-state index < -0.39 is 5.97 Å². The molecule has 3 rings (SSSR count). The predicted octanol–water partition coefficient (Wildman–Crippen LogP) is 2.31. The molecule has 0 atom stereocenters. The minimum Gasteiger partial charge on any atom is -0.481 e. The summed E-state index contributed by atoms with van der Waals surface area (Å²) in [5.41, 5.74) is 2.46. The lowest BCUT2D eigenvalue weighted by atomic mass is 9.83. The predicted molar refractivity (Wildman–Crippen MR) is 63.2 cm³/mol. The van der Waals surface area contributed by atoms with E-state index in [0.717, 1.165) is 26.1 Å². The highest BCUT2D eigenvalue weighted by Crippen LogP contribution is 2.53. The van der Waals surface area contributed by atoms with Crippen LogP contribution in [0.2, 0.25) is 0 Å². The summed E-state index contributed by atoms with van der Waals surface area (Å²) in [6.45, 7) is 1.56. The average molecular weight is 232 g/mol. The van der Waals surface area contributed by atoms with E-state index in [4.69, 9.17) is 9.84 Å². The highest BCUT2D eigenvalue weighted by molar-refractivity contribution is 5.70. The van der Waals surface area contributed by atoms with E-state index in [9.17, 15) is 4.79 Å². The third-order valence-corrected chi connectivity index (χ3v) is 3.95. The van der Waals surface area contributed by atoms with Crippen LogP contribution in [0.25, 0.3) is 0 Å². The summed E-state index contributed by atoms with van der Waals surface area (Å²) < 4.78 is 5.24. The van der Waals surface area contributed by atoms with Gasteiger partial charge in [-0.1, -0.05) is 24.3 Å². The van der Waals surface area contributed by atoms with E-state index in [1.165, 1.54) is 11.1 Å². The number of benzene rings is 1. The summed E-state index contributed by atoms with van der Waals surface area (Å²) in [5, 5.41) is 9.03. The molecule has 3 heteroatoms. The standard InChI is InChI=1S/C14H16O3/c15-13(16)7-14(5-6-14)12-4-2-1-3-11(12)10-8-17-9-10/h1-4,10H,5-9H2,(H,15,16). The molecule has 1 saturated heterocycles. The van der Waals surface area contributed by atoms with Crippen LogP contribution in [-0.2, 0) is 14.9 Å². The fourth-order valence-corrected chi connectivity index (χ4v) is 2.73. The van der Waals surface area contributed by atoms with Crippen LogP contribution in [0, 0.1) is 0 Å². The number of carboxylic acid groups (broad SMARTS) is 1. The molecule has 0 unspecified atom stereocenters. The van der Waals surface area contributed by atoms with Crippen LogP contribution in [0.3, 0.4) is 0 Å². The second kappa shape index (κ2) is 3.84. The molecule has 1 aromatic rings. The van der Waals surface area contributed by atoms with Gasteiger partial charge in [0.1, 0.15) is 0 Å². The van der Waals surface area contributed by atoms with E-state index in [1.807, 2.05) is 12.1 Å². The van der Waals surface area contributed by atoms with Crippen molar-refractivity contribution in [3.63, 3.8) is 0 Å². The number of hydrogen-bond acceptors (Lipinski definition) is 2. The summed E-state index contributed by atoms with van der Waals surface area (Å²) >= 11 is 0. The number of carbonyl (C=O) groups is 1. The smallest absolute Gasteiger partial charge is 0.304 e. The van der Waals surface area contributed by atoms with E-state index in [-0.39, 0.29) is 11.8 Å². The molecule has 1 aliphatic carbocycles. The Bertz CT molecular complexity index is 445. The van der Waals surface area contributed by atoms with Gasteiger partial charge < -0.3 is 9.84 Å². The molecule has 17 heavy (non-hydrogen) atoms. The van der Waals surface area contributed by atoms with Gasteiger partial charge in [0.25, 0.3) is 0 Å². The maximum absolute atomic E-state index is 11.0. The first-order chi connectivity index (χ1) is 8.21. The van der Waals surface area contributed by atoms with Crippen LogP contribution < -0.4 is 0 Å². The third-order valence-electron chi connectivity index (χ3n) is 3.95. The summed E-state index contributed by atoms with van der Waals surface area (Å²) in [6.07, 6.45) is 2.27. The zero-order chi connectivity index (χ0) is 11.9. The van der Waals surface area contributed by atoms with Crippen LogP contribution >= 0.6 is 0 Å². The number of ether oxygens (including phenoxy) is 1. The molecule has 0 amide bonds. The second-order valence-corrected chi connectivity index (χ2v) is 5.17.